The van der Waals surface area contributed by atoms with Crippen molar-refractivity contribution in [3.05, 3.63) is 47.3 Å². The minimum Gasteiger partial charge on any atom is -0.462 e. The molecule has 0 spiro atoms. The summed E-state index contributed by atoms with van der Waals surface area (Å²) in [5.41, 5.74) is -0.401. The van der Waals surface area contributed by atoms with E-state index >= 15 is 0 Å². The zero-order valence-corrected chi connectivity index (χ0v) is 13.6. The van der Waals surface area contributed by atoms with E-state index in [-0.39, 0.29) is 35.6 Å². The Balaban J connectivity index is 2.54. The van der Waals surface area contributed by atoms with Crippen LogP contribution in [0.25, 0.3) is 11.1 Å². The molecule has 1 aromatic heterocycles. The van der Waals surface area contributed by atoms with E-state index in [1.54, 1.807) is 13.8 Å². The maximum Gasteiger partial charge on any atom is 0.416 e. The summed E-state index contributed by atoms with van der Waals surface area (Å²) in [7, 11) is 0. The molecule has 2 rings (SSSR count). The monoisotopic (exact) mass is 355 g/mol. The third kappa shape index (κ3) is 4.01. The SMILES string of the molecule is CCOC(=O)c1c[nH]c(C(=O)OCC)c1-c1ccc(C(F)(F)F)cc1. The van der Waals surface area contributed by atoms with Crippen LogP contribution in [0.1, 0.15) is 40.3 Å². The molecule has 0 saturated carbocycles. The highest BCUT2D eigenvalue weighted by molar-refractivity contribution is 6.05. The molecule has 25 heavy (non-hydrogen) atoms. The second-order valence-corrected chi connectivity index (χ2v) is 4.97. The van der Waals surface area contributed by atoms with Crippen LogP contribution in [0.5, 0.6) is 0 Å². The van der Waals surface area contributed by atoms with Gasteiger partial charge in [0, 0.05) is 11.8 Å². The number of ether oxygens (including phenoxy) is 2. The maximum absolute atomic E-state index is 12.7. The Morgan fingerprint density at radius 3 is 2.08 bits per heavy atom. The first-order valence-electron chi connectivity index (χ1n) is 7.52. The van der Waals surface area contributed by atoms with E-state index in [0.717, 1.165) is 12.1 Å². The van der Waals surface area contributed by atoms with Crippen LogP contribution in [0.3, 0.4) is 0 Å². The number of alkyl halides is 3. The van der Waals surface area contributed by atoms with Gasteiger partial charge in [0.05, 0.1) is 24.3 Å². The van der Waals surface area contributed by atoms with Gasteiger partial charge in [0.15, 0.2) is 0 Å². The third-order valence-corrected chi connectivity index (χ3v) is 3.36. The fourth-order valence-corrected chi connectivity index (χ4v) is 2.28. The summed E-state index contributed by atoms with van der Waals surface area (Å²) in [6.07, 6.45) is -3.21. The van der Waals surface area contributed by atoms with E-state index in [9.17, 15) is 22.8 Å². The van der Waals surface area contributed by atoms with Gasteiger partial charge in [-0.3, -0.25) is 0 Å². The van der Waals surface area contributed by atoms with Crippen LogP contribution in [0.15, 0.2) is 30.5 Å². The van der Waals surface area contributed by atoms with Crippen molar-refractivity contribution in [1.82, 2.24) is 4.98 Å². The van der Waals surface area contributed by atoms with Crippen molar-refractivity contribution in [2.24, 2.45) is 0 Å². The number of hydrogen-bond acceptors (Lipinski definition) is 4. The minimum absolute atomic E-state index is 0.0235. The van der Waals surface area contributed by atoms with Gasteiger partial charge >= 0.3 is 18.1 Å². The van der Waals surface area contributed by atoms with Crippen LogP contribution in [0.2, 0.25) is 0 Å². The number of nitrogens with one attached hydrogen (secondary N) is 1. The highest BCUT2D eigenvalue weighted by Gasteiger charge is 2.31. The van der Waals surface area contributed by atoms with E-state index in [1.165, 1.54) is 18.3 Å². The fourth-order valence-electron chi connectivity index (χ4n) is 2.28. The van der Waals surface area contributed by atoms with Gasteiger partial charge in [0.25, 0.3) is 0 Å². The van der Waals surface area contributed by atoms with E-state index in [2.05, 4.69) is 4.98 Å². The van der Waals surface area contributed by atoms with E-state index in [4.69, 9.17) is 9.47 Å². The van der Waals surface area contributed by atoms with Crippen LogP contribution in [-0.4, -0.2) is 30.1 Å². The normalized spacial score (nSPS) is 11.2. The zero-order chi connectivity index (χ0) is 18.6. The number of H-pyrrole nitrogens is 1. The van der Waals surface area contributed by atoms with Gasteiger partial charge in [-0.05, 0) is 31.5 Å². The van der Waals surface area contributed by atoms with Gasteiger partial charge in [-0.25, -0.2) is 9.59 Å². The highest BCUT2D eigenvalue weighted by Crippen LogP contribution is 2.33. The second-order valence-electron chi connectivity index (χ2n) is 4.97. The molecule has 0 aliphatic carbocycles. The Bertz CT molecular complexity index is 728. The molecule has 0 unspecified atom stereocenters. The smallest absolute Gasteiger partial charge is 0.416 e. The topological polar surface area (TPSA) is 68.4 Å². The molecule has 0 fully saturated rings. The Hall–Kier alpha value is -2.77. The fraction of sp³-hybridized carbons (Fsp3) is 0.294. The third-order valence-electron chi connectivity index (χ3n) is 3.36. The number of carbonyl (C=O) groups is 2. The van der Waals surface area contributed by atoms with Crippen molar-refractivity contribution in [2.45, 2.75) is 20.0 Å². The van der Waals surface area contributed by atoms with Crippen LogP contribution >= 0.6 is 0 Å². The molecular formula is C17H16F3NO4. The largest absolute Gasteiger partial charge is 0.462 e. The number of esters is 2. The van der Waals surface area contributed by atoms with Gasteiger partial charge < -0.3 is 14.5 Å². The number of aromatic nitrogens is 1. The number of benzene rings is 1. The van der Waals surface area contributed by atoms with Crippen molar-refractivity contribution < 1.29 is 32.2 Å². The quantitative estimate of drug-likeness (QED) is 0.822. The number of carbonyl (C=O) groups excluding carboxylic acids is 2. The average Bonchev–Trinajstić information content (AvgIpc) is 2.99. The van der Waals surface area contributed by atoms with Crippen molar-refractivity contribution in [3.8, 4) is 11.1 Å². The summed E-state index contributed by atoms with van der Waals surface area (Å²) in [4.78, 5) is 26.8. The number of aromatic amines is 1. The van der Waals surface area contributed by atoms with Gasteiger partial charge in [-0.2, -0.15) is 13.2 Å². The number of halogens is 3. The van der Waals surface area contributed by atoms with Crippen LogP contribution in [-0.2, 0) is 15.7 Å². The lowest BCUT2D eigenvalue weighted by molar-refractivity contribution is -0.137. The molecule has 8 heteroatoms. The molecule has 0 amide bonds. The molecule has 5 nitrogen and oxygen atoms in total. The molecule has 0 radical (unpaired) electrons. The number of rotatable bonds is 5. The Morgan fingerprint density at radius 1 is 1.00 bits per heavy atom. The lowest BCUT2D eigenvalue weighted by Crippen LogP contribution is -2.09. The minimum atomic E-state index is -4.48. The van der Waals surface area contributed by atoms with E-state index in [0.29, 0.717) is 0 Å². The van der Waals surface area contributed by atoms with Crippen LogP contribution in [0, 0.1) is 0 Å². The lowest BCUT2D eigenvalue weighted by atomic mass is 10.00. The number of hydrogen-bond donors (Lipinski definition) is 1. The molecule has 134 valence electrons. The summed E-state index contributed by atoms with van der Waals surface area (Å²) in [6, 6.07) is 4.15. The van der Waals surface area contributed by atoms with E-state index < -0.39 is 23.7 Å². The first kappa shape index (κ1) is 18.6. The van der Waals surface area contributed by atoms with Crippen molar-refractivity contribution >= 4 is 11.9 Å². The average molecular weight is 355 g/mol. The highest BCUT2D eigenvalue weighted by atomic mass is 19.4. The standard InChI is InChI=1S/C17H16F3NO4/c1-3-24-15(22)12-9-21-14(16(23)25-4-2)13(12)10-5-7-11(8-6-10)17(18,19)20/h5-9,21H,3-4H2,1-2H3. The molecule has 1 aromatic carbocycles. The summed E-state index contributed by atoms with van der Waals surface area (Å²) >= 11 is 0. The van der Waals surface area contributed by atoms with Crippen molar-refractivity contribution in [2.75, 3.05) is 13.2 Å². The summed E-state index contributed by atoms with van der Waals surface area (Å²) in [5.74, 6) is -1.41. The maximum atomic E-state index is 12.7. The lowest BCUT2D eigenvalue weighted by Gasteiger charge is -2.10. The first-order valence-corrected chi connectivity index (χ1v) is 7.52. The Morgan fingerprint density at radius 2 is 1.56 bits per heavy atom. The summed E-state index contributed by atoms with van der Waals surface area (Å²) in [6.45, 7) is 3.46. The second kappa shape index (κ2) is 7.42. The van der Waals surface area contributed by atoms with Gasteiger partial charge in [-0.15, -0.1) is 0 Å². The zero-order valence-electron chi connectivity index (χ0n) is 13.6. The van der Waals surface area contributed by atoms with Crippen molar-refractivity contribution in [1.29, 1.82) is 0 Å². The molecule has 0 atom stereocenters. The van der Waals surface area contributed by atoms with Crippen molar-refractivity contribution in [3.63, 3.8) is 0 Å². The molecule has 0 bridgehead atoms. The molecule has 0 aliphatic heterocycles. The predicted octanol–water partition coefficient (Wildman–Crippen LogP) is 4.05. The van der Waals surface area contributed by atoms with E-state index in [1.807, 2.05) is 0 Å². The van der Waals surface area contributed by atoms with Gasteiger partial charge in [-0.1, -0.05) is 12.1 Å². The molecule has 0 saturated heterocycles. The summed E-state index contributed by atoms with van der Waals surface area (Å²) < 4.78 is 48.0. The molecule has 1 N–H and O–H groups in total. The first-order chi connectivity index (χ1) is 11.8. The Labute approximate surface area is 141 Å². The van der Waals surface area contributed by atoms with Gasteiger partial charge in [0.2, 0.25) is 0 Å². The molecule has 1 heterocycles. The van der Waals surface area contributed by atoms with Crippen LogP contribution in [0.4, 0.5) is 13.2 Å². The molecule has 0 aliphatic rings. The van der Waals surface area contributed by atoms with Gasteiger partial charge in [0.1, 0.15) is 5.69 Å². The van der Waals surface area contributed by atoms with Crippen LogP contribution < -0.4 is 0 Å². The molecular weight excluding hydrogens is 339 g/mol. The molecule has 2 aromatic rings. The predicted molar refractivity (Wildman–Crippen MR) is 83.1 cm³/mol. The Kier molecular flexibility index (Phi) is 5.51. The summed E-state index contributed by atoms with van der Waals surface area (Å²) in [5, 5.41) is 0.